The Morgan fingerprint density at radius 3 is 2.72 bits per heavy atom. The summed E-state index contributed by atoms with van der Waals surface area (Å²) < 4.78 is 5.20. The van der Waals surface area contributed by atoms with E-state index >= 15 is 0 Å². The molecule has 0 spiro atoms. The van der Waals surface area contributed by atoms with E-state index in [1.165, 1.54) is 25.1 Å². The maximum absolute atomic E-state index is 5.20. The highest BCUT2D eigenvalue weighted by atomic mass is 16.5. The lowest BCUT2D eigenvalue weighted by Gasteiger charge is -2.24. The highest BCUT2D eigenvalue weighted by molar-refractivity contribution is 5.29. The van der Waals surface area contributed by atoms with Gasteiger partial charge in [0.2, 0.25) is 0 Å². The number of nitrogens with one attached hydrogen (secondary N) is 1. The van der Waals surface area contributed by atoms with Gasteiger partial charge in [-0.25, -0.2) is 0 Å². The van der Waals surface area contributed by atoms with Crippen LogP contribution in [0.15, 0.2) is 24.3 Å². The minimum atomic E-state index is 0.578. The van der Waals surface area contributed by atoms with Crippen LogP contribution in [0, 0.1) is 0 Å². The molecule has 3 nitrogen and oxygen atoms in total. The molecule has 1 atom stereocenters. The average molecular weight is 248 g/mol. The van der Waals surface area contributed by atoms with Crippen LogP contribution in [0.25, 0.3) is 0 Å². The van der Waals surface area contributed by atoms with Crippen LogP contribution in [0.5, 0.6) is 5.75 Å². The molecule has 1 aliphatic rings. The topological polar surface area (TPSA) is 24.5 Å². The Kier molecular flexibility index (Phi) is 5.02. The maximum atomic E-state index is 5.20. The van der Waals surface area contributed by atoms with Crippen molar-refractivity contribution in [3.05, 3.63) is 29.8 Å². The predicted octanol–water partition coefficient (Wildman–Crippen LogP) is 2.09. The average Bonchev–Trinajstić information content (AvgIpc) is 2.67. The van der Waals surface area contributed by atoms with Gasteiger partial charge in [-0.05, 0) is 43.1 Å². The number of methoxy groups -OCH3 is 1. The molecule has 100 valence electrons. The van der Waals surface area contributed by atoms with Crippen LogP contribution >= 0.6 is 0 Å². The van der Waals surface area contributed by atoms with Gasteiger partial charge in [0.05, 0.1) is 7.11 Å². The highest BCUT2D eigenvalue weighted by Gasteiger charge is 2.13. The van der Waals surface area contributed by atoms with Gasteiger partial charge < -0.3 is 15.0 Å². The third-order valence-corrected chi connectivity index (χ3v) is 3.65. The lowest BCUT2D eigenvalue weighted by Crippen LogP contribution is -2.31. The summed E-state index contributed by atoms with van der Waals surface area (Å²) >= 11 is 0. The number of hydrogen-bond donors (Lipinski definition) is 1. The minimum absolute atomic E-state index is 0.578. The summed E-state index contributed by atoms with van der Waals surface area (Å²) in [6, 6.07) is 8.46. The normalized spacial score (nSPS) is 19.2. The van der Waals surface area contributed by atoms with Gasteiger partial charge in [0.1, 0.15) is 5.75 Å². The highest BCUT2D eigenvalue weighted by Crippen LogP contribution is 2.20. The van der Waals surface area contributed by atoms with E-state index in [4.69, 9.17) is 4.74 Å². The van der Waals surface area contributed by atoms with E-state index in [2.05, 4.69) is 41.4 Å². The van der Waals surface area contributed by atoms with Crippen molar-refractivity contribution < 1.29 is 4.74 Å². The molecule has 1 heterocycles. The monoisotopic (exact) mass is 248 g/mol. The molecular weight excluding hydrogens is 224 g/mol. The van der Waals surface area contributed by atoms with E-state index in [-0.39, 0.29) is 0 Å². The van der Waals surface area contributed by atoms with Crippen molar-refractivity contribution in [1.29, 1.82) is 0 Å². The Bertz CT molecular complexity index is 342. The van der Waals surface area contributed by atoms with Gasteiger partial charge in [0.25, 0.3) is 0 Å². The smallest absolute Gasteiger partial charge is 0.118 e. The predicted molar refractivity (Wildman–Crippen MR) is 75.3 cm³/mol. The number of ether oxygens (including phenoxy) is 1. The molecular formula is C15H24N2O. The quantitative estimate of drug-likeness (QED) is 0.883. The fourth-order valence-electron chi connectivity index (χ4n) is 2.51. The third kappa shape index (κ3) is 3.72. The fraction of sp³-hybridized carbons (Fsp3) is 0.600. The molecule has 1 N–H and O–H groups in total. The first kappa shape index (κ1) is 13.4. The second-order valence-corrected chi connectivity index (χ2v) is 5.08. The maximum Gasteiger partial charge on any atom is 0.118 e. The van der Waals surface area contributed by atoms with Crippen molar-refractivity contribution in [2.75, 3.05) is 39.8 Å². The van der Waals surface area contributed by atoms with Gasteiger partial charge in [0.15, 0.2) is 0 Å². The summed E-state index contributed by atoms with van der Waals surface area (Å²) in [5.74, 6) is 1.51. The molecule has 3 heteroatoms. The molecule has 1 fully saturated rings. The van der Waals surface area contributed by atoms with Crippen LogP contribution in [0.2, 0.25) is 0 Å². The van der Waals surface area contributed by atoms with Crippen LogP contribution in [-0.4, -0.2) is 44.7 Å². The second-order valence-electron chi connectivity index (χ2n) is 5.08. The molecule has 0 radical (unpaired) electrons. The first-order chi connectivity index (χ1) is 8.79. The summed E-state index contributed by atoms with van der Waals surface area (Å²) in [5, 5.41) is 3.45. The number of nitrogens with zero attached hydrogens (tertiary/aromatic N) is 1. The van der Waals surface area contributed by atoms with E-state index in [1.807, 2.05) is 0 Å². The van der Waals surface area contributed by atoms with Gasteiger partial charge >= 0.3 is 0 Å². The van der Waals surface area contributed by atoms with E-state index in [0.717, 1.165) is 25.4 Å². The van der Waals surface area contributed by atoms with Crippen LogP contribution in [0.4, 0.5) is 0 Å². The second kappa shape index (κ2) is 6.76. The number of hydrogen-bond acceptors (Lipinski definition) is 3. The fourth-order valence-corrected chi connectivity index (χ4v) is 2.51. The van der Waals surface area contributed by atoms with Crippen LogP contribution in [-0.2, 0) is 0 Å². The van der Waals surface area contributed by atoms with Gasteiger partial charge in [-0.15, -0.1) is 0 Å². The lowest BCUT2D eigenvalue weighted by atomic mass is 10.0. The summed E-state index contributed by atoms with van der Waals surface area (Å²) in [4.78, 5) is 2.56. The van der Waals surface area contributed by atoms with Crippen LogP contribution in [0.3, 0.4) is 0 Å². The van der Waals surface area contributed by atoms with Gasteiger partial charge in [-0.2, -0.15) is 0 Å². The molecule has 0 bridgehead atoms. The van der Waals surface area contributed by atoms with Crippen molar-refractivity contribution in [2.24, 2.45) is 0 Å². The lowest BCUT2D eigenvalue weighted by molar-refractivity contribution is 0.278. The first-order valence-corrected chi connectivity index (χ1v) is 6.86. The van der Waals surface area contributed by atoms with Crippen molar-refractivity contribution in [1.82, 2.24) is 10.2 Å². The molecule has 1 aromatic rings. The first-order valence-electron chi connectivity index (χ1n) is 6.86. The minimum Gasteiger partial charge on any atom is -0.497 e. The molecule has 1 saturated heterocycles. The van der Waals surface area contributed by atoms with Gasteiger partial charge in [-0.3, -0.25) is 0 Å². The zero-order valence-corrected chi connectivity index (χ0v) is 11.5. The Morgan fingerprint density at radius 1 is 1.22 bits per heavy atom. The molecule has 1 aliphatic heterocycles. The van der Waals surface area contributed by atoms with Gasteiger partial charge in [-0.1, -0.05) is 19.1 Å². The molecule has 1 aromatic carbocycles. The van der Waals surface area contributed by atoms with E-state index in [0.29, 0.717) is 5.92 Å². The number of benzene rings is 1. The molecule has 1 unspecified atom stereocenters. The van der Waals surface area contributed by atoms with E-state index < -0.39 is 0 Å². The Hall–Kier alpha value is -1.06. The molecule has 18 heavy (non-hydrogen) atoms. The van der Waals surface area contributed by atoms with E-state index in [1.54, 1.807) is 7.11 Å². The van der Waals surface area contributed by atoms with E-state index in [9.17, 15) is 0 Å². The summed E-state index contributed by atoms with van der Waals surface area (Å²) in [6.45, 7) is 8.12. The Balaban J connectivity index is 1.90. The SMILES string of the molecule is COc1ccc(C(C)CN2CCCNCC2)cc1. The molecule has 2 rings (SSSR count). The zero-order valence-electron chi connectivity index (χ0n) is 11.5. The van der Waals surface area contributed by atoms with Crippen molar-refractivity contribution in [2.45, 2.75) is 19.3 Å². The summed E-state index contributed by atoms with van der Waals surface area (Å²) in [5.41, 5.74) is 1.40. The Labute approximate surface area is 110 Å². The zero-order chi connectivity index (χ0) is 12.8. The van der Waals surface area contributed by atoms with Crippen molar-refractivity contribution in [3.63, 3.8) is 0 Å². The standard InChI is InChI=1S/C15H24N2O/c1-13(12-17-10-3-8-16-9-11-17)14-4-6-15(18-2)7-5-14/h4-7,13,16H,3,8-12H2,1-2H3. The summed E-state index contributed by atoms with van der Waals surface area (Å²) in [6.07, 6.45) is 1.26. The molecule has 0 aliphatic carbocycles. The molecule has 0 saturated carbocycles. The van der Waals surface area contributed by atoms with Gasteiger partial charge in [0, 0.05) is 19.6 Å². The van der Waals surface area contributed by atoms with Crippen molar-refractivity contribution >= 4 is 0 Å². The Morgan fingerprint density at radius 2 is 2.00 bits per heavy atom. The summed E-state index contributed by atoms with van der Waals surface area (Å²) in [7, 11) is 1.71. The molecule has 0 amide bonds. The third-order valence-electron chi connectivity index (χ3n) is 3.65. The molecule has 0 aromatic heterocycles. The van der Waals surface area contributed by atoms with Crippen molar-refractivity contribution in [3.8, 4) is 5.75 Å². The van der Waals surface area contributed by atoms with Crippen LogP contribution < -0.4 is 10.1 Å². The van der Waals surface area contributed by atoms with Crippen LogP contribution in [0.1, 0.15) is 24.8 Å². The number of rotatable bonds is 4. The largest absolute Gasteiger partial charge is 0.497 e.